The van der Waals surface area contributed by atoms with E-state index in [0.29, 0.717) is 39.7 Å². The number of nitrogens with one attached hydrogen (secondary N) is 1. The van der Waals surface area contributed by atoms with E-state index in [4.69, 9.17) is 23.4 Å². The van der Waals surface area contributed by atoms with E-state index in [1.807, 2.05) is 31.2 Å². The zero-order chi connectivity index (χ0) is 30.1. The Morgan fingerprint density at radius 3 is 2.38 bits per heavy atom. The smallest absolute Gasteiger partial charge is 0.344 e. The first kappa shape index (κ1) is 30.4. The molecule has 0 aliphatic carbocycles. The maximum absolute atomic E-state index is 12.6. The SMILES string of the molecule is CCOC(=O)COc1c(Br)cc(/C=N/NC(=O)c2ccc(COc3ccc(-n4c(C)ccc4C)cc3)o2)cc1OCC. The highest BCUT2D eigenvalue weighted by molar-refractivity contribution is 9.10. The Morgan fingerprint density at radius 1 is 0.952 bits per heavy atom. The first-order valence-electron chi connectivity index (χ1n) is 13.3. The number of hydrazone groups is 1. The molecule has 0 saturated heterocycles. The number of rotatable bonds is 13. The van der Waals surface area contributed by atoms with Gasteiger partial charge < -0.3 is 27.9 Å². The number of benzene rings is 2. The summed E-state index contributed by atoms with van der Waals surface area (Å²) in [5.74, 6) is 1.04. The molecule has 1 amide bonds. The molecule has 11 heteroatoms. The topological polar surface area (TPSA) is 114 Å². The molecule has 0 unspecified atom stereocenters. The number of esters is 1. The first-order valence-corrected chi connectivity index (χ1v) is 14.1. The maximum atomic E-state index is 12.6. The van der Waals surface area contributed by atoms with Crippen LogP contribution in [0.4, 0.5) is 0 Å². The first-order chi connectivity index (χ1) is 20.3. The van der Waals surface area contributed by atoms with Crippen molar-refractivity contribution in [1.29, 1.82) is 0 Å². The molecule has 220 valence electrons. The molecule has 0 saturated carbocycles. The summed E-state index contributed by atoms with van der Waals surface area (Å²) in [5, 5.41) is 4.02. The molecule has 10 nitrogen and oxygen atoms in total. The van der Waals surface area contributed by atoms with Gasteiger partial charge in [-0.25, -0.2) is 10.2 Å². The highest BCUT2D eigenvalue weighted by Crippen LogP contribution is 2.36. The van der Waals surface area contributed by atoms with Gasteiger partial charge >= 0.3 is 11.9 Å². The summed E-state index contributed by atoms with van der Waals surface area (Å²) in [6.07, 6.45) is 1.45. The zero-order valence-electron chi connectivity index (χ0n) is 23.8. The molecule has 0 aliphatic heterocycles. The van der Waals surface area contributed by atoms with Crippen LogP contribution in [0.3, 0.4) is 0 Å². The number of ether oxygens (including phenoxy) is 4. The van der Waals surface area contributed by atoms with Crippen molar-refractivity contribution >= 4 is 34.0 Å². The predicted octanol–water partition coefficient (Wildman–Crippen LogP) is 6.13. The van der Waals surface area contributed by atoms with Gasteiger partial charge in [-0.15, -0.1) is 0 Å². The van der Waals surface area contributed by atoms with E-state index in [9.17, 15) is 9.59 Å². The summed E-state index contributed by atoms with van der Waals surface area (Å²) in [6.45, 7) is 8.22. The molecule has 42 heavy (non-hydrogen) atoms. The van der Waals surface area contributed by atoms with E-state index >= 15 is 0 Å². The molecule has 1 N–H and O–H groups in total. The van der Waals surface area contributed by atoms with Crippen molar-refractivity contribution < 1.29 is 33.0 Å². The van der Waals surface area contributed by atoms with Crippen LogP contribution in [0.2, 0.25) is 0 Å². The molecule has 0 bridgehead atoms. The Bertz CT molecular complexity index is 1540. The number of hydrogen-bond acceptors (Lipinski definition) is 8. The van der Waals surface area contributed by atoms with Crippen LogP contribution >= 0.6 is 15.9 Å². The van der Waals surface area contributed by atoms with Crippen molar-refractivity contribution in [3.05, 3.63) is 93.6 Å². The second-order valence-corrected chi connectivity index (χ2v) is 9.91. The summed E-state index contributed by atoms with van der Waals surface area (Å²) in [5.41, 5.74) is 6.44. The Labute approximate surface area is 252 Å². The number of nitrogens with zero attached hydrogens (tertiary/aromatic N) is 2. The van der Waals surface area contributed by atoms with E-state index in [1.54, 1.807) is 31.2 Å². The Balaban J connectivity index is 1.32. The third-order valence-corrected chi connectivity index (χ3v) is 6.57. The minimum atomic E-state index is -0.516. The van der Waals surface area contributed by atoms with Crippen molar-refractivity contribution in [3.8, 4) is 22.9 Å². The Hall–Kier alpha value is -4.51. The van der Waals surface area contributed by atoms with Crippen molar-refractivity contribution in [2.24, 2.45) is 5.10 Å². The van der Waals surface area contributed by atoms with Crippen LogP contribution in [0.1, 0.15) is 47.1 Å². The van der Waals surface area contributed by atoms with Gasteiger partial charge in [0.1, 0.15) is 18.1 Å². The van der Waals surface area contributed by atoms with E-state index in [1.165, 1.54) is 6.21 Å². The number of aromatic nitrogens is 1. The number of carbonyl (C=O) groups is 2. The number of hydrogen-bond donors (Lipinski definition) is 1. The number of halogens is 1. The average molecular weight is 639 g/mol. The van der Waals surface area contributed by atoms with Crippen molar-refractivity contribution in [2.75, 3.05) is 19.8 Å². The molecule has 2 aromatic heterocycles. The maximum Gasteiger partial charge on any atom is 0.344 e. The molecule has 4 aromatic rings. The van der Waals surface area contributed by atoms with Gasteiger partial charge in [0.15, 0.2) is 23.9 Å². The lowest BCUT2D eigenvalue weighted by atomic mass is 10.2. The van der Waals surface area contributed by atoms with Crippen LogP contribution < -0.4 is 19.6 Å². The normalized spacial score (nSPS) is 11.0. The monoisotopic (exact) mass is 637 g/mol. The second kappa shape index (κ2) is 14.4. The molecular weight excluding hydrogens is 606 g/mol. The number of carbonyl (C=O) groups excluding carboxylic acids is 2. The van der Waals surface area contributed by atoms with Gasteiger partial charge in [0.25, 0.3) is 0 Å². The zero-order valence-corrected chi connectivity index (χ0v) is 25.4. The third-order valence-electron chi connectivity index (χ3n) is 5.98. The van der Waals surface area contributed by atoms with E-state index in [0.717, 1.165) is 17.1 Å². The van der Waals surface area contributed by atoms with Crippen LogP contribution in [0.25, 0.3) is 5.69 Å². The lowest BCUT2D eigenvalue weighted by Crippen LogP contribution is -2.17. The van der Waals surface area contributed by atoms with Crippen molar-refractivity contribution in [1.82, 2.24) is 9.99 Å². The van der Waals surface area contributed by atoms with Crippen LogP contribution in [0.5, 0.6) is 17.2 Å². The van der Waals surface area contributed by atoms with Gasteiger partial charge in [-0.05, 0) is 110 Å². The van der Waals surface area contributed by atoms with Gasteiger partial charge in [-0.3, -0.25) is 4.79 Å². The number of amides is 1. The fraction of sp³-hybridized carbons (Fsp3) is 0.258. The van der Waals surface area contributed by atoms with Crippen molar-refractivity contribution in [3.63, 3.8) is 0 Å². The van der Waals surface area contributed by atoms with Gasteiger partial charge in [0.05, 0.1) is 23.9 Å². The minimum Gasteiger partial charge on any atom is -0.490 e. The summed E-state index contributed by atoms with van der Waals surface area (Å²) in [4.78, 5) is 24.2. The van der Waals surface area contributed by atoms with E-state index in [-0.39, 0.29) is 25.6 Å². The highest BCUT2D eigenvalue weighted by atomic mass is 79.9. The highest BCUT2D eigenvalue weighted by Gasteiger charge is 2.15. The lowest BCUT2D eigenvalue weighted by molar-refractivity contribution is -0.145. The number of aryl methyl sites for hydroxylation is 2. The minimum absolute atomic E-state index is 0.0959. The molecule has 0 aliphatic rings. The molecular formula is C31H32BrN3O7. The van der Waals surface area contributed by atoms with Crippen molar-refractivity contribution in [2.45, 2.75) is 34.3 Å². The molecule has 4 rings (SSSR count). The summed E-state index contributed by atoms with van der Waals surface area (Å²) >= 11 is 3.43. The van der Waals surface area contributed by atoms with Crippen LogP contribution in [0.15, 0.2) is 74.7 Å². The average Bonchev–Trinajstić information content (AvgIpc) is 3.58. The molecule has 0 atom stereocenters. The molecule has 0 spiro atoms. The van der Waals surface area contributed by atoms with Gasteiger partial charge in [0.2, 0.25) is 0 Å². The molecule has 2 aromatic carbocycles. The summed E-state index contributed by atoms with van der Waals surface area (Å²) in [7, 11) is 0. The quantitative estimate of drug-likeness (QED) is 0.106. The molecule has 0 fully saturated rings. The van der Waals surface area contributed by atoms with Gasteiger partial charge in [-0.1, -0.05) is 0 Å². The standard InChI is InChI=1S/C31H32BrN3O7/c1-5-38-28-16-22(15-26(32)30(28)41-19-29(36)39-6-2)17-33-34-31(37)27-14-13-25(42-27)18-40-24-11-9-23(10-12-24)35-20(3)7-8-21(35)4/h7-17H,5-6,18-19H2,1-4H3,(H,34,37)/b33-17+. The van der Waals surface area contributed by atoms with E-state index < -0.39 is 11.9 Å². The summed E-state index contributed by atoms with van der Waals surface area (Å²) in [6, 6.07) is 18.6. The third kappa shape index (κ3) is 7.82. The molecule has 0 radical (unpaired) electrons. The fourth-order valence-electron chi connectivity index (χ4n) is 4.12. The Kier molecular flexibility index (Phi) is 10.4. The van der Waals surface area contributed by atoms with Crippen LogP contribution in [-0.4, -0.2) is 42.5 Å². The predicted molar refractivity (Wildman–Crippen MR) is 161 cm³/mol. The lowest BCUT2D eigenvalue weighted by Gasteiger charge is -2.14. The van der Waals surface area contributed by atoms with Gasteiger partial charge in [-0.2, -0.15) is 5.10 Å². The van der Waals surface area contributed by atoms with Gasteiger partial charge in [0, 0.05) is 17.1 Å². The molecule has 2 heterocycles. The number of furan rings is 1. The van der Waals surface area contributed by atoms with E-state index in [2.05, 4.69) is 57.0 Å². The summed E-state index contributed by atoms with van der Waals surface area (Å²) < 4.78 is 30.3. The van der Waals surface area contributed by atoms with Crippen LogP contribution in [0, 0.1) is 13.8 Å². The Morgan fingerprint density at radius 2 is 1.69 bits per heavy atom. The second-order valence-electron chi connectivity index (χ2n) is 9.06. The fourth-order valence-corrected chi connectivity index (χ4v) is 4.69. The largest absolute Gasteiger partial charge is 0.490 e. The van der Waals surface area contributed by atoms with Crippen LogP contribution in [-0.2, 0) is 16.1 Å².